The predicted molar refractivity (Wildman–Crippen MR) is 62.2 cm³/mol. The Labute approximate surface area is 114 Å². The Kier molecular flexibility index (Phi) is 2.82. The van der Waals surface area contributed by atoms with E-state index in [1.165, 1.54) is 14.0 Å². The van der Waals surface area contributed by atoms with Crippen molar-refractivity contribution in [3.8, 4) is 0 Å². The average molecular weight is 282 g/mol. The largest absolute Gasteiger partial charge is 0.469 e. The summed E-state index contributed by atoms with van der Waals surface area (Å²) in [7, 11) is 1.24. The molecule has 108 valence electrons. The van der Waals surface area contributed by atoms with E-state index < -0.39 is 54.2 Å². The topological polar surface area (TPSA) is 88.1 Å². The molecule has 0 N–H and O–H groups in total. The summed E-state index contributed by atoms with van der Waals surface area (Å²) in [6.07, 6.45) is -2.71. The van der Waals surface area contributed by atoms with Crippen LogP contribution in [0.2, 0.25) is 0 Å². The third-order valence-corrected chi connectivity index (χ3v) is 3.97. The molecule has 7 nitrogen and oxygen atoms in total. The molecule has 0 aromatic heterocycles. The first-order valence-corrected chi connectivity index (χ1v) is 6.26. The van der Waals surface area contributed by atoms with Crippen LogP contribution in [0.1, 0.15) is 6.92 Å². The van der Waals surface area contributed by atoms with E-state index in [9.17, 15) is 14.4 Å². The molecule has 0 radical (unpaired) electrons. The Hall–Kier alpha value is -1.89. The van der Waals surface area contributed by atoms with Gasteiger partial charge in [-0.3, -0.25) is 9.59 Å². The second-order valence-electron chi connectivity index (χ2n) is 5.19. The zero-order chi connectivity index (χ0) is 14.6. The van der Waals surface area contributed by atoms with Gasteiger partial charge in [-0.05, 0) is 6.92 Å². The van der Waals surface area contributed by atoms with E-state index in [1.54, 1.807) is 0 Å². The molecular formula is C13H14O7. The van der Waals surface area contributed by atoms with Gasteiger partial charge in [0.1, 0.15) is 24.0 Å². The molecule has 0 saturated carbocycles. The highest BCUT2D eigenvalue weighted by atomic mass is 16.7. The summed E-state index contributed by atoms with van der Waals surface area (Å²) in [6.45, 7) is 5.00. The Morgan fingerprint density at radius 1 is 1.25 bits per heavy atom. The third kappa shape index (κ3) is 1.59. The molecule has 0 amide bonds. The van der Waals surface area contributed by atoms with Crippen molar-refractivity contribution >= 4 is 17.9 Å². The lowest BCUT2D eigenvalue weighted by Gasteiger charge is -2.26. The number of ether oxygens (including phenoxy) is 4. The van der Waals surface area contributed by atoms with Crippen molar-refractivity contribution in [2.45, 2.75) is 31.3 Å². The minimum Gasteiger partial charge on any atom is -0.469 e. The van der Waals surface area contributed by atoms with Gasteiger partial charge >= 0.3 is 17.9 Å². The maximum atomic E-state index is 11.8. The number of methoxy groups -OCH3 is 1. The van der Waals surface area contributed by atoms with Crippen LogP contribution < -0.4 is 0 Å². The number of carbonyl (C=O) groups is 3. The van der Waals surface area contributed by atoms with Crippen molar-refractivity contribution in [2.75, 3.05) is 7.11 Å². The fraction of sp³-hybridized carbons (Fsp3) is 0.615. The van der Waals surface area contributed by atoms with Crippen LogP contribution in [0, 0.1) is 11.8 Å². The lowest BCUT2D eigenvalue weighted by Crippen LogP contribution is -2.47. The lowest BCUT2D eigenvalue weighted by molar-refractivity contribution is -0.159. The molecule has 5 unspecified atom stereocenters. The fourth-order valence-corrected chi connectivity index (χ4v) is 3.10. The normalized spacial score (nSPS) is 40.4. The summed E-state index contributed by atoms with van der Waals surface area (Å²) in [5, 5.41) is 0. The summed E-state index contributed by atoms with van der Waals surface area (Å²) < 4.78 is 20.7. The standard InChI is InChI=1S/C13H14O7/c1-4(2)11(14)19-9-7-5(12(15)17-3)6-8(18-7)10(9)20-13(6)16/h5-10H,1H2,2-3H3/t5-,6?,7?,8?,9?,10?/m0/s1. The minimum atomic E-state index is -0.795. The van der Waals surface area contributed by atoms with E-state index in [0.29, 0.717) is 0 Å². The average Bonchev–Trinajstić information content (AvgIpc) is 3.00. The van der Waals surface area contributed by atoms with Crippen molar-refractivity contribution in [3.63, 3.8) is 0 Å². The molecule has 0 aromatic carbocycles. The van der Waals surface area contributed by atoms with Gasteiger partial charge in [-0.1, -0.05) is 6.58 Å². The highest BCUT2D eigenvalue weighted by molar-refractivity contribution is 5.89. The minimum absolute atomic E-state index is 0.225. The zero-order valence-corrected chi connectivity index (χ0v) is 11.0. The summed E-state index contributed by atoms with van der Waals surface area (Å²) in [4.78, 5) is 35.3. The molecule has 7 heteroatoms. The quantitative estimate of drug-likeness (QED) is 0.395. The number of rotatable bonds is 3. The Morgan fingerprint density at radius 3 is 2.55 bits per heavy atom. The van der Waals surface area contributed by atoms with Gasteiger partial charge < -0.3 is 18.9 Å². The van der Waals surface area contributed by atoms with Crippen LogP contribution in [0.25, 0.3) is 0 Å². The summed E-state index contributed by atoms with van der Waals surface area (Å²) >= 11 is 0. The van der Waals surface area contributed by atoms with Crippen LogP contribution in [0.4, 0.5) is 0 Å². The summed E-state index contributed by atoms with van der Waals surface area (Å²) in [5.74, 6) is -3.13. The maximum absolute atomic E-state index is 11.8. The van der Waals surface area contributed by atoms with Crippen molar-refractivity contribution < 1.29 is 33.3 Å². The van der Waals surface area contributed by atoms with Crippen molar-refractivity contribution in [1.82, 2.24) is 0 Å². The first-order valence-electron chi connectivity index (χ1n) is 6.26. The van der Waals surface area contributed by atoms with Crippen molar-refractivity contribution in [3.05, 3.63) is 12.2 Å². The van der Waals surface area contributed by atoms with Crippen LogP contribution in [-0.4, -0.2) is 49.4 Å². The summed E-state index contributed by atoms with van der Waals surface area (Å²) in [6, 6.07) is 0. The third-order valence-electron chi connectivity index (χ3n) is 3.97. The monoisotopic (exact) mass is 282 g/mol. The van der Waals surface area contributed by atoms with Gasteiger partial charge in [-0.25, -0.2) is 4.79 Å². The number of esters is 3. The Morgan fingerprint density at radius 2 is 1.95 bits per heavy atom. The second kappa shape index (κ2) is 4.31. The molecule has 3 aliphatic heterocycles. The molecule has 3 aliphatic rings. The molecular weight excluding hydrogens is 268 g/mol. The predicted octanol–water partition coefficient (Wildman–Crippen LogP) is -0.414. The summed E-state index contributed by atoms with van der Waals surface area (Å²) in [5.41, 5.74) is 0.225. The first-order chi connectivity index (χ1) is 9.45. The Balaban J connectivity index is 1.88. The van der Waals surface area contributed by atoms with Gasteiger partial charge in [-0.15, -0.1) is 0 Å². The highest BCUT2D eigenvalue weighted by Crippen LogP contribution is 2.51. The van der Waals surface area contributed by atoms with Crippen LogP contribution in [0.15, 0.2) is 12.2 Å². The molecule has 3 heterocycles. The SMILES string of the molecule is C=C(C)C(=O)OC1C2OC(=O)C3C2OC1[C@H]3C(=O)OC. The van der Waals surface area contributed by atoms with Crippen LogP contribution in [0.5, 0.6) is 0 Å². The van der Waals surface area contributed by atoms with Crippen LogP contribution in [-0.2, 0) is 33.3 Å². The molecule has 20 heavy (non-hydrogen) atoms. The molecule has 6 atom stereocenters. The molecule has 2 bridgehead atoms. The van der Waals surface area contributed by atoms with Gasteiger partial charge in [-0.2, -0.15) is 0 Å². The number of fused-ring (bicyclic) bond motifs is 1. The molecule has 0 aliphatic carbocycles. The highest BCUT2D eigenvalue weighted by Gasteiger charge is 2.71. The molecule has 0 spiro atoms. The zero-order valence-electron chi connectivity index (χ0n) is 11.0. The number of hydrogen-bond donors (Lipinski definition) is 0. The fourth-order valence-electron chi connectivity index (χ4n) is 3.10. The van der Waals surface area contributed by atoms with E-state index in [2.05, 4.69) is 6.58 Å². The van der Waals surface area contributed by atoms with E-state index in [4.69, 9.17) is 18.9 Å². The van der Waals surface area contributed by atoms with Gasteiger partial charge in [0.15, 0.2) is 12.2 Å². The van der Waals surface area contributed by atoms with Crippen molar-refractivity contribution in [1.29, 1.82) is 0 Å². The smallest absolute Gasteiger partial charge is 0.333 e. The maximum Gasteiger partial charge on any atom is 0.333 e. The number of carbonyl (C=O) groups excluding carboxylic acids is 3. The second-order valence-corrected chi connectivity index (χ2v) is 5.19. The van der Waals surface area contributed by atoms with Crippen molar-refractivity contribution in [2.24, 2.45) is 11.8 Å². The van der Waals surface area contributed by atoms with Gasteiger partial charge in [0.05, 0.1) is 7.11 Å². The number of hydrogen-bond acceptors (Lipinski definition) is 7. The van der Waals surface area contributed by atoms with Crippen LogP contribution in [0.3, 0.4) is 0 Å². The van der Waals surface area contributed by atoms with Gasteiger partial charge in [0, 0.05) is 5.57 Å². The Bertz CT molecular complexity index is 511. The lowest BCUT2D eigenvalue weighted by atomic mass is 9.78. The van der Waals surface area contributed by atoms with E-state index in [0.717, 1.165) is 0 Å². The van der Waals surface area contributed by atoms with E-state index >= 15 is 0 Å². The molecule has 3 fully saturated rings. The van der Waals surface area contributed by atoms with Gasteiger partial charge in [0.25, 0.3) is 0 Å². The van der Waals surface area contributed by atoms with E-state index in [1.807, 2.05) is 0 Å². The van der Waals surface area contributed by atoms with Gasteiger partial charge in [0.2, 0.25) is 0 Å². The van der Waals surface area contributed by atoms with Crippen LogP contribution >= 0.6 is 0 Å². The first kappa shape index (κ1) is 13.1. The molecule has 0 aromatic rings. The van der Waals surface area contributed by atoms with E-state index in [-0.39, 0.29) is 5.57 Å². The molecule has 3 rings (SSSR count). The molecule has 3 saturated heterocycles.